The Morgan fingerprint density at radius 3 is 2.17 bits per heavy atom. The van der Waals surface area contributed by atoms with Crippen LogP contribution in [0.2, 0.25) is 0 Å². The van der Waals surface area contributed by atoms with Gasteiger partial charge in [0.1, 0.15) is 0 Å². The van der Waals surface area contributed by atoms with E-state index in [4.69, 9.17) is 0 Å². The van der Waals surface area contributed by atoms with Gasteiger partial charge in [-0.2, -0.15) is 4.31 Å². The van der Waals surface area contributed by atoms with Gasteiger partial charge in [0.15, 0.2) is 0 Å². The molecule has 3 saturated heterocycles. The van der Waals surface area contributed by atoms with Crippen LogP contribution in [0.15, 0.2) is 41.8 Å². The van der Waals surface area contributed by atoms with Crippen molar-refractivity contribution in [2.75, 3.05) is 39.3 Å². The molecule has 9 nitrogen and oxygen atoms in total. The van der Waals surface area contributed by atoms with Crippen LogP contribution in [0, 0.1) is 11.8 Å². The number of sulfonamides is 1. The van der Waals surface area contributed by atoms with Gasteiger partial charge in [-0.25, -0.2) is 8.42 Å². The van der Waals surface area contributed by atoms with Crippen LogP contribution in [0.25, 0.3) is 0 Å². The van der Waals surface area contributed by atoms with E-state index in [2.05, 4.69) is 11.9 Å². The summed E-state index contributed by atoms with van der Waals surface area (Å²) in [6.45, 7) is 8.72. The normalized spacial score (nSPS) is 23.9. The minimum Gasteiger partial charge on any atom is -0.349 e. The molecule has 3 aliphatic heterocycles. The Morgan fingerprint density at radius 2 is 1.58 bits per heavy atom. The number of piperidine rings is 2. The van der Waals surface area contributed by atoms with E-state index < -0.39 is 10.0 Å². The highest BCUT2D eigenvalue weighted by Crippen LogP contribution is 2.26. The summed E-state index contributed by atoms with van der Waals surface area (Å²) in [4.78, 5) is 41.1. The Labute approximate surface area is 213 Å². The largest absolute Gasteiger partial charge is 0.349 e. The van der Waals surface area contributed by atoms with Gasteiger partial charge in [-0.1, -0.05) is 13.5 Å². The molecule has 196 valence electrons. The second-order valence-corrected chi connectivity index (χ2v) is 12.0. The third-order valence-electron chi connectivity index (χ3n) is 7.67. The van der Waals surface area contributed by atoms with Gasteiger partial charge in [0.05, 0.1) is 4.90 Å². The van der Waals surface area contributed by atoms with Crippen molar-refractivity contribution >= 4 is 27.7 Å². The molecule has 1 aromatic rings. The van der Waals surface area contributed by atoms with Gasteiger partial charge in [-0.15, -0.1) is 0 Å². The van der Waals surface area contributed by atoms with E-state index >= 15 is 0 Å². The minimum absolute atomic E-state index is 0.0173. The lowest BCUT2D eigenvalue weighted by Gasteiger charge is -2.36. The van der Waals surface area contributed by atoms with E-state index in [1.165, 1.54) is 22.5 Å². The highest BCUT2D eigenvalue weighted by molar-refractivity contribution is 7.89. The fourth-order valence-electron chi connectivity index (χ4n) is 5.41. The van der Waals surface area contributed by atoms with Crippen molar-refractivity contribution in [1.29, 1.82) is 0 Å². The molecule has 0 radical (unpaired) electrons. The lowest BCUT2D eigenvalue weighted by atomic mass is 9.95. The molecule has 0 saturated carbocycles. The van der Waals surface area contributed by atoms with Crippen LogP contribution in [0.5, 0.6) is 0 Å². The monoisotopic (exact) mass is 516 g/mol. The number of carbonyl (C=O) groups excluding carboxylic acids is 3. The minimum atomic E-state index is -3.71. The van der Waals surface area contributed by atoms with Gasteiger partial charge in [-0.3, -0.25) is 14.4 Å². The zero-order valence-corrected chi connectivity index (χ0v) is 21.7. The molecule has 3 heterocycles. The standard InChI is InChI=1S/C26H36N4O5S/c1-3-24(31)27-23-12-17-30(18-19(23)2)36(34,35)22-8-6-20(7-9-22)25(32)29-15-10-21(11-16-29)26(33)28-13-4-5-14-28/h3,6-9,19,21,23H,1,4-5,10-18H2,2H3,(H,27,31). The van der Waals surface area contributed by atoms with Gasteiger partial charge in [-0.05, 0) is 68.4 Å². The van der Waals surface area contributed by atoms with E-state index in [0.717, 1.165) is 25.9 Å². The summed E-state index contributed by atoms with van der Waals surface area (Å²) in [6, 6.07) is 6.01. The SMILES string of the molecule is C=CC(=O)NC1CCN(S(=O)(=O)c2ccc(C(=O)N3CCC(C(=O)N4CCCC4)CC3)cc2)CC1C. The smallest absolute Gasteiger partial charge is 0.253 e. The van der Waals surface area contributed by atoms with Gasteiger partial charge >= 0.3 is 0 Å². The molecule has 0 spiro atoms. The van der Waals surface area contributed by atoms with E-state index in [1.54, 1.807) is 17.0 Å². The maximum atomic E-state index is 13.2. The van der Waals surface area contributed by atoms with E-state index in [0.29, 0.717) is 51.0 Å². The van der Waals surface area contributed by atoms with Crippen molar-refractivity contribution in [3.05, 3.63) is 42.5 Å². The van der Waals surface area contributed by atoms with Crippen LogP contribution in [0.4, 0.5) is 0 Å². The number of nitrogens with one attached hydrogen (secondary N) is 1. The Kier molecular flexibility index (Phi) is 8.14. The number of hydrogen-bond acceptors (Lipinski definition) is 5. The van der Waals surface area contributed by atoms with Crippen molar-refractivity contribution in [2.24, 2.45) is 11.8 Å². The first kappa shape index (κ1) is 26.3. The first-order chi connectivity index (χ1) is 17.2. The van der Waals surface area contributed by atoms with Gasteiger partial charge in [0.25, 0.3) is 5.91 Å². The van der Waals surface area contributed by atoms with Crippen LogP contribution in [-0.2, 0) is 19.6 Å². The van der Waals surface area contributed by atoms with Crippen molar-refractivity contribution in [1.82, 2.24) is 19.4 Å². The third-order valence-corrected chi connectivity index (χ3v) is 9.55. The summed E-state index contributed by atoms with van der Waals surface area (Å²) < 4.78 is 27.8. The maximum absolute atomic E-state index is 13.2. The van der Waals surface area contributed by atoms with Crippen molar-refractivity contribution in [3.8, 4) is 0 Å². The maximum Gasteiger partial charge on any atom is 0.253 e. The first-order valence-corrected chi connectivity index (χ1v) is 14.3. The molecule has 10 heteroatoms. The highest BCUT2D eigenvalue weighted by Gasteiger charge is 2.35. The number of amides is 3. The number of hydrogen-bond donors (Lipinski definition) is 1. The molecule has 0 aromatic heterocycles. The lowest BCUT2D eigenvalue weighted by molar-refractivity contribution is -0.135. The molecule has 1 aromatic carbocycles. The summed E-state index contributed by atoms with van der Waals surface area (Å²) >= 11 is 0. The second kappa shape index (κ2) is 11.1. The Morgan fingerprint density at radius 1 is 0.944 bits per heavy atom. The quantitative estimate of drug-likeness (QED) is 0.581. The Hall–Kier alpha value is -2.72. The molecule has 3 fully saturated rings. The summed E-state index contributed by atoms with van der Waals surface area (Å²) in [5, 5.41) is 2.86. The summed E-state index contributed by atoms with van der Waals surface area (Å²) in [5.41, 5.74) is 0.442. The molecule has 0 aliphatic carbocycles. The van der Waals surface area contributed by atoms with E-state index in [-0.39, 0.29) is 40.5 Å². The highest BCUT2D eigenvalue weighted by atomic mass is 32.2. The van der Waals surface area contributed by atoms with Crippen LogP contribution >= 0.6 is 0 Å². The fourth-order valence-corrected chi connectivity index (χ4v) is 6.96. The van der Waals surface area contributed by atoms with Crippen molar-refractivity contribution in [3.63, 3.8) is 0 Å². The number of likely N-dealkylation sites (tertiary alicyclic amines) is 2. The average Bonchev–Trinajstić information content (AvgIpc) is 3.44. The zero-order chi connectivity index (χ0) is 25.9. The van der Waals surface area contributed by atoms with Crippen LogP contribution < -0.4 is 5.32 Å². The molecular formula is C26H36N4O5S. The molecule has 4 rings (SSSR count). The molecule has 36 heavy (non-hydrogen) atoms. The van der Waals surface area contributed by atoms with Crippen LogP contribution in [0.1, 0.15) is 49.4 Å². The van der Waals surface area contributed by atoms with Crippen LogP contribution in [-0.4, -0.2) is 85.6 Å². The molecule has 2 unspecified atom stereocenters. The third kappa shape index (κ3) is 5.64. The topological polar surface area (TPSA) is 107 Å². The first-order valence-electron chi connectivity index (χ1n) is 12.8. The molecular weight excluding hydrogens is 480 g/mol. The molecule has 2 atom stereocenters. The number of rotatable bonds is 6. The Bertz CT molecular complexity index is 1090. The van der Waals surface area contributed by atoms with E-state index in [9.17, 15) is 22.8 Å². The molecule has 3 amide bonds. The molecule has 3 aliphatic rings. The number of nitrogens with zero attached hydrogens (tertiary/aromatic N) is 3. The van der Waals surface area contributed by atoms with E-state index in [1.807, 2.05) is 11.8 Å². The predicted molar refractivity (Wildman–Crippen MR) is 136 cm³/mol. The molecule has 1 N–H and O–H groups in total. The zero-order valence-electron chi connectivity index (χ0n) is 20.9. The predicted octanol–water partition coefficient (Wildman–Crippen LogP) is 1.86. The van der Waals surface area contributed by atoms with Crippen LogP contribution in [0.3, 0.4) is 0 Å². The summed E-state index contributed by atoms with van der Waals surface area (Å²) in [7, 11) is -3.71. The summed E-state index contributed by atoms with van der Waals surface area (Å²) in [6.07, 6.45) is 5.20. The Balaban J connectivity index is 1.33. The van der Waals surface area contributed by atoms with Gasteiger partial charge in [0, 0.05) is 56.8 Å². The number of carbonyl (C=O) groups is 3. The number of benzene rings is 1. The molecule has 0 bridgehead atoms. The second-order valence-electron chi connectivity index (χ2n) is 10.1. The van der Waals surface area contributed by atoms with Gasteiger partial charge in [0.2, 0.25) is 21.8 Å². The van der Waals surface area contributed by atoms with Crippen molar-refractivity contribution < 1.29 is 22.8 Å². The fraction of sp³-hybridized carbons (Fsp3) is 0.577. The van der Waals surface area contributed by atoms with Crippen molar-refractivity contribution in [2.45, 2.75) is 50.0 Å². The van der Waals surface area contributed by atoms with Gasteiger partial charge < -0.3 is 15.1 Å². The lowest BCUT2D eigenvalue weighted by Crippen LogP contribution is -2.51. The average molecular weight is 517 g/mol. The summed E-state index contributed by atoms with van der Waals surface area (Å²) in [5.74, 6) is -0.241.